The highest BCUT2D eigenvalue weighted by Crippen LogP contribution is 2.35. The van der Waals surface area contributed by atoms with Crippen LogP contribution in [0.4, 0.5) is 5.69 Å². The molecule has 0 saturated heterocycles. The van der Waals surface area contributed by atoms with Crippen LogP contribution in [0.3, 0.4) is 0 Å². The molecule has 4 nitrogen and oxygen atoms in total. The Morgan fingerprint density at radius 1 is 1.03 bits per heavy atom. The third-order valence-corrected chi connectivity index (χ3v) is 5.12. The van der Waals surface area contributed by atoms with E-state index in [0.29, 0.717) is 28.6 Å². The summed E-state index contributed by atoms with van der Waals surface area (Å²) in [6.07, 6.45) is 1.41. The van der Waals surface area contributed by atoms with Gasteiger partial charge < -0.3 is 10.1 Å². The number of amides is 1. The molecule has 7 heteroatoms. The van der Waals surface area contributed by atoms with Crippen molar-refractivity contribution in [3.8, 4) is 11.8 Å². The summed E-state index contributed by atoms with van der Waals surface area (Å²) >= 11 is 18.5. The number of nitrogens with one attached hydrogen (secondary N) is 1. The van der Waals surface area contributed by atoms with Crippen molar-refractivity contribution in [1.82, 2.24) is 0 Å². The summed E-state index contributed by atoms with van der Waals surface area (Å²) in [5.74, 6) is -0.220. The number of rotatable bonds is 6. The third kappa shape index (κ3) is 6.26. The van der Waals surface area contributed by atoms with Crippen LogP contribution in [0.25, 0.3) is 6.08 Å². The first-order valence-electron chi connectivity index (χ1n) is 9.22. The average molecular weight is 472 g/mol. The standard InChI is InChI=1S/C24H17Cl3N2O2/c1-15-2-4-16(5-3-15)14-31-23-21(26)11-17(12-22(23)27)10-18(13-28)24(30)29-20-8-6-19(25)7-9-20/h2-12H,14H2,1H3,(H,29,30)/b18-10-. The number of aryl methyl sites for hydroxylation is 1. The highest BCUT2D eigenvalue weighted by atomic mass is 35.5. The van der Waals surface area contributed by atoms with Gasteiger partial charge in [0, 0.05) is 10.7 Å². The molecule has 31 heavy (non-hydrogen) atoms. The second-order valence-electron chi connectivity index (χ2n) is 6.72. The molecule has 0 atom stereocenters. The molecule has 0 unspecified atom stereocenters. The lowest BCUT2D eigenvalue weighted by Gasteiger charge is -2.11. The Labute approximate surface area is 195 Å². The summed E-state index contributed by atoms with van der Waals surface area (Å²) in [6.45, 7) is 2.32. The van der Waals surface area contributed by atoms with Crippen molar-refractivity contribution < 1.29 is 9.53 Å². The second-order valence-corrected chi connectivity index (χ2v) is 7.97. The maximum Gasteiger partial charge on any atom is 0.266 e. The molecule has 3 rings (SSSR count). The van der Waals surface area contributed by atoms with Crippen LogP contribution in [0.1, 0.15) is 16.7 Å². The Morgan fingerprint density at radius 2 is 1.65 bits per heavy atom. The fraction of sp³-hybridized carbons (Fsp3) is 0.0833. The number of carbonyl (C=O) groups excluding carboxylic acids is 1. The minimum absolute atomic E-state index is 0.101. The topological polar surface area (TPSA) is 62.1 Å². The molecule has 3 aromatic carbocycles. The Balaban J connectivity index is 1.76. The summed E-state index contributed by atoms with van der Waals surface area (Å²) in [5.41, 5.74) is 3.05. The van der Waals surface area contributed by atoms with Crippen LogP contribution in [0.2, 0.25) is 15.1 Å². The van der Waals surface area contributed by atoms with Gasteiger partial charge in [0.15, 0.2) is 5.75 Å². The molecule has 0 aliphatic carbocycles. The summed E-state index contributed by atoms with van der Waals surface area (Å²) in [6, 6.07) is 19.6. The predicted octanol–water partition coefficient (Wildman–Crippen LogP) is 7.08. The number of benzene rings is 3. The van der Waals surface area contributed by atoms with E-state index in [1.54, 1.807) is 36.4 Å². The van der Waals surface area contributed by atoms with Gasteiger partial charge in [0.05, 0.1) is 10.0 Å². The Kier molecular flexibility index (Phi) is 7.59. The number of hydrogen-bond acceptors (Lipinski definition) is 3. The summed E-state index contributed by atoms with van der Waals surface area (Å²) < 4.78 is 5.78. The number of ether oxygens (including phenoxy) is 1. The first-order chi connectivity index (χ1) is 14.9. The molecule has 0 saturated carbocycles. The summed E-state index contributed by atoms with van der Waals surface area (Å²) in [5, 5.41) is 13.2. The first kappa shape index (κ1) is 22.7. The first-order valence-corrected chi connectivity index (χ1v) is 10.3. The van der Waals surface area contributed by atoms with Crippen LogP contribution in [0.5, 0.6) is 5.75 Å². The molecule has 0 bridgehead atoms. The van der Waals surface area contributed by atoms with Crippen molar-refractivity contribution in [2.45, 2.75) is 13.5 Å². The number of carbonyl (C=O) groups is 1. The molecular formula is C24H17Cl3N2O2. The van der Waals surface area contributed by atoms with Gasteiger partial charge in [0.25, 0.3) is 5.91 Å². The molecule has 1 amide bonds. The Hall–Kier alpha value is -2.97. The number of anilines is 1. The number of hydrogen-bond donors (Lipinski definition) is 1. The lowest BCUT2D eigenvalue weighted by atomic mass is 10.1. The van der Waals surface area contributed by atoms with E-state index >= 15 is 0 Å². The van der Waals surface area contributed by atoms with Crippen molar-refractivity contribution in [3.63, 3.8) is 0 Å². The highest BCUT2D eigenvalue weighted by molar-refractivity contribution is 6.37. The zero-order valence-electron chi connectivity index (χ0n) is 16.5. The fourth-order valence-corrected chi connectivity index (χ4v) is 3.43. The smallest absolute Gasteiger partial charge is 0.266 e. The van der Waals surface area contributed by atoms with Gasteiger partial charge in [-0.05, 0) is 60.5 Å². The van der Waals surface area contributed by atoms with Crippen molar-refractivity contribution in [3.05, 3.63) is 98.0 Å². The van der Waals surface area contributed by atoms with Gasteiger partial charge in [-0.25, -0.2) is 0 Å². The minimum Gasteiger partial charge on any atom is -0.486 e. The van der Waals surface area contributed by atoms with E-state index in [4.69, 9.17) is 39.5 Å². The SMILES string of the molecule is Cc1ccc(COc2c(Cl)cc(/C=C(/C#N)C(=O)Nc3ccc(Cl)cc3)cc2Cl)cc1. The number of nitriles is 1. The molecule has 156 valence electrons. The van der Waals surface area contributed by atoms with Gasteiger partial charge in [-0.1, -0.05) is 64.6 Å². The van der Waals surface area contributed by atoms with Gasteiger partial charge in [-0.15, -0.1) is 0 Å². The summed E-state index contributed by atoms with van der Waals surface area (Å²) in [4.78, 5) is 12.4. The quantitative estimate of drug-likeness (QED) is 0.308. The van der Waals surface area contributed by atoms with E-state index in [0.717, 1.165) is 11.1 Å². The van der Waals surface area contributed by atoms with E-state index in [2.05, 4.69) is 5.32 Å². The highest BCUT2D eigenvalue weighted by Gasteiger charge is 2.13. The second kappa shape index (κ2) is 10.4. The lowest BCUT2D eigenvalue weighted by Crippen LogP contribution is -2.13. The maximum absolute atomic E-state index is 12.4. The van der Waals surface area contributed by atoms with E-state index in [9.17, 15) is 10.1 Å². The van der Waals surface area contributed by atoms with Gasteiger partial charge in [0.1, 0.15) is 18.2 Å². The van der Waals surface area contributed by atoms with Crippen LogP contribution in [-0.4, -0.2) is 5.91 Å². The molecule has 0 aliphatic heterocycles. The van der Waals surface area contributed by atoms with Gasteiger partial charge in [-0.3, -0.25) is 4.79 Å². The molecule has 0 aliphatic rings. The van der Waals surface area contributed by atoms with Crippen LogP contribution < -0.4 is 10.1 Å². The van der Waals surface area contributed by atoms with E-state index < -0.39 is 5.91 Å². The zero-order valence-corrected chi connectivity index (χ0v) is 18.7. The van der Waals surface area contributed by atoms with Crippen molar-refractivity contribution in [2.75, 3.05) is 5.32 Å². The fourth-order valence-electron chi connectivity index (χ4n) is 2.69. The molecule has 0 aromatic heterocycles. The Morgan fingerprint density at radius 3 is 2.23 bits per heavy atom. The van der Waals surface area contributed by atoms with E-state index in [-0.39, 0.29) is 15.6 Å². The number of halogens is 3. The summed E-state index contributed by atoms with van der Waals surface area (Å²) in [7, 11) is 0. The van der Waals surface area contributed by atoms with Crippen LogP contribution in [-0.2, 0) is 11.4 Å². The largest absolute Gasteiger partial charge is 0.486 e. The van der Waals surface area contributed by atoms with E-state index in [1.807, 2.05) is 37.3 Å². The van der Waals surface area contributed by atoms with Crippen molar-refractivity contribution in [2.24, 2.45) is 0 Å². The maximum atomic E-state index is 12.4. The lowest BCUT2D eigenvalue weighted by molar-refractivity contribution is -0.112. The van der Waals surface area contributed by atoms with Crippen LogP contribution >= 0.6 is 34.8 Å². The van der Waals surface area contributed by atoms with Gasteiger partial charge in [-0.2, -0.15) is 5.26 Å². The van der Waals surface area contributed by atoms with E-state index in [1.165, 1.54) is 6.08 Å². The monoisotopic (exact) mass is 470 g/mol. The average Bonchev–Trinajstić information content (AvgIpc) is 2.74. The van der Waals surface area contributed by atoms with Gasteiger partial charge >= 0.3 is 0 Å². The number of nitrogens with zero attached hydrogens (tertiary/aromatic N) is 1. The Bertz CT molecular complexity index is 1140. The van der Waals surface area contributed by atoms with Crippen molar-refractivity contribution >= 4 is 52.5 Å². The van der Waals surface area contributed by atoms with Crippen LogP contribution in [0.15, 0.2) is 66.2 Å². The molecule has 0 fully saturated rings. The third-order valence-electron chi connectivity index (χ3n) is 4.30. The predicted molar refractivity (Wildman–Crippen MR) is 126 cm³/mol. The molecule has 3 aromatic rings. The normalized spacial score (nSPS) is 11.0. The molecule has 0 spiro atoms. The molecule has 0 radical (unpaired) electrons. The van der Waals surface area contributed by atoms with Crippen LogP contribution in [0, 0.1) is 18.3 Å². The molecule has 1 N–H and O–H groups in total. The zero-order chi connectivity index (χ0) is 22.4. The van der Waals surface area contributed by atoms with Crippen molar-refractivity contribution in [1.29, 1.82) is 5.26 Å². The van der Waals surface area contributed by atoms with Gasteiger partial charge in [0.2, 0.25) is 0 Å². The molecular weight excluding hydrogens is 455 g/mol. The molecule has 0 heterocycles. The minimum atomic E-state index is -0.559.